The summed E-state index contributed by atoms with van der Waals surface area (Å²) < 4.78 is 5.03. The van der Waals surface area contributed by atoms with Gasteiger partial charge in [-0.05, 0) is 47.5 Å². The van der Waals surface area contributed by atoms with E-state index >= 15 is 0 Å². The monoisotopic (exact) mass is 410 g/mol. The molecule has 1 aliphatic rings. The maximum Gasteiger partial charge on any atom is 0.251 e. The number of rotatable bonds is 4. The van der Waals surface area contributed by atoms with Crippen molar-refractivity contribution in [1.82, 2.24) is 4.98 Å². The average molecular weight is 411 g/mol. The molecule has 0 fully saturated rings. The number of benzene rings is 2. The number of amides is 1. The largest absolute Gasteiger partial charge is 0.504 e. The van der Waals surface area contributed by atoms with Crippen molar-refractivity contribution in [3.05, 3.63) is 70.0 Å². The summed E-state index contributed by atoms with van der Waals surface area (Å²) in [6.07, 6.45) is 3.12. The highest BCUT2D eigenvalue weighted by atomic mass is 35.5. The van der Waals surface area contributed by atoms with Crippen LogP contribution in [0.5, 0.6) is 11.5 Å². The molecular formula is C22H19ClN2O4. The number of hydrogen-bond acceptors (Lipinski definition) is 4. The number of H-pyrrole nitrogens is 1. The number of methoxy groups -OCH3 is 1. The first-order chi connectivity index (χ1) is 14.0. The van der Waals surface area contributed by atoms with E-state index in [1.807, 2.05) is 6.07 Å². The molecule has 0 saturated heterocycles. The van der Waals surface area contributed by atoms with E-state index in [4.69, 9.17) is 16.3 Å². The standard InChI is InChI=1S/C22H19ClN2O4/c1-29-19-7-2-13(10-18(19)26)3-9-21(28)25-12-14(11-23)22-15-4-8-20(27)24-16(15)5-6-17(22)25/h2-10,14,26H,11-12H2,1H3,(H,24,27). The van der Waals surface area contributed by atoms with Crippen molar-refractivity contribution >= 4 is 40.2 Å². The molecule has 6 nitrogen and oxygen atoms in total. The number of anilines is 1. The zero-order chi connectivity index (χ0) is 20.5. The van der Waals surface area contributed by atoms with Crippen molar-refractivity contribution in [1.29, 1.82) is 0 Å². The molecule has 3 aromatic rings. The smallest absolute Gasteiger partial charge is 0.251 e. The predicted octanol–water partition coefficient (Wildman–Crippen LogP) is 3.62. The van der Waals surface area contributed by atoms with E-state index in [-0.39, 0.29) is 23.1 Å². The molecule has 4 rings (SSSR count). The number of fused-ring (bicyclic) bond motifs is 3. The lowest BCUT2D eigenvalue weighted by molar-refractivity contribution is -0.114. The number of aromatic amines is 1. The highest BCUT2D eigenvalue weighted by Gasteiger charge is 2.32. The van der Waals surface area contributed by atoms with E-state index in [1.165, 1.54) is 25.3 Å². The predicted molar refractivity (Wildman–Crippen MR) is 114 cm³/mol. The first kappa shape index (κ1) is 19.1. The van der Waals surface area contributed by atoms with Crippen LogP contribution in [-0.2, 0) is 4.79 Å². The van der Waals surface area contributed by atoms with Gasteiger partial charge in [0.2, 0.25) is 5.56 Å². The average Bonchev–Trinajstić information content (AvgIpc) is 3.11. The third-order valence-corrected chi connectivity index (χ3v) is 5.47. The van der Waals surface area contributed by atoms with E-state index in [2.05, 4.69) is 4.98 Å². The maximum atomic E-state index is 12.9. The Balaban J connectivity index is 1.67. The fourth-order valence-corrected chi connectivity index (χ4v) is 3.98. The highest BCUT2D eigenvalue weighted by Crippen LogP contribution is 2.41. The molecule has 1 unspecified atom stereocenters. The van der Waals surface area contributed by atoms with Crippen LogP contribution in [-0.4, -0.2) is 35.5 Å². The molecule has 2 N–H and O–H groups in total. The highest BCUT2D eigenvalue weighted by molar-refractivity contribution is 6.19. The Morgan fingerprint density at radius 1 is 1.31 bits per heavy atom. The van der Waals surface area contributed by atoms with Gasteiger partial charge in [0.15, 0.2) is 11.5 Å². The Morgan fingerprint density at radius 2 is 2.14 bits per heavy atom. The topological polar surface area (TPSA) is 82.6 Å². The summed E-state index contributed by atoms with van der Waals surface area (Å²) in [5.74, 6) is 0.542. The number of ether oxygens (including phenoxy) is 1. The van der Waals surface area contributed by atoms with E-state index in [1.54, 1.807) is 35.2 Å². The Kier molecular flexibility index (Phi) is 5.03. The molecule has 29 heavy (non-hydrogen) atoms. The molecule has 1 aromatic heterocycles. The van der Waals surface area contributed by atoms with Gasteiger partial charge in [-0.2, -0.15) is 0 Å². The lowest BCUT2D eigenvalue weighted by Gasteiger charge is -2.15. The number of phenols is 1. The van der Waals surface area contributed by atoms with Gasteiger partial charge >= 0.3 is 0 Å². The zero-order valence-corrected chi connectivity index (χ0v) is 16.4. The van der Waals surface area contributed by atoms with Gasteiger partial charge in [0, 0.05) is 47.1 Å². The van der Waals surface area contributed by atoms with Crippen LogP contribution >= 0.6 is 11.6 Å². The summed E-state index contributed by atoms with van der Waals surface area (Å²) in [6, 6.07) is 11.8. The summed E-state index contributed by atoms with van der Waals surface area (Å²) in [5, 5.41) is 10.8. The molecule has 2 aromatic carbocycles. The minimum atomic E-state index is -0.182. The van der Waals surface area contributed by atoms with Gasteiger partial charge in [0.1, 0.15) is 0 Å². The Hall–Kier alpha value is -3.25. The van der Waals surface area contributed by atoms with Crippen molar-refractivity contribution in [2.45, 2.75) is 5.92 Å². The fraction of sp³-hybridized carbons (Fsp3) is 0.182. The summed E-state index contributed by atoms with van der Waals surface area (Å²) in [6.45, 7) is 0.466. The third kappa shape index (κ3) is 3.47. The van der Waals surface area contributed by atoms with Crippen LogP contribution < -0.4 is 15.2 Å². The fourth-order valence-electron chi connectivity index (χ4n) is 3.72. The number of nitrogens with zero attached hydrogens (tertiary/aromatic N) is 1. The quantitative estimate of drug-likeness (QED) is 0.508. The maximum absolute atomic E-state index is 12.9. The van der Waals surface area contributed by atoms with Crippen molar-refractivity contribution in [2.75, 3.05) is 24.4 Å². The first-order valence-corrected chi connectivity index (χ1v) is 9.63. The molecule has 0 saturated carbocycles. The lowest BCUT2D eigenvalue weighted by atomic mass is 9.98. The number of pyridine rings is 1. The number of carbonyl (C=O) groups is 1. The molecule has 2 heterocycles. The van der Waals surface area contributed by atoms with Crippen LogP contribution in [0.25, 0.3) is 17.0 Å². The van der Waals surface area contributed by atoms with E-state index in [9.17, 15) is 14.7 Å². The van der Waals surface area contributed by atoms with Crippen molar-refractivity contribution in [3.8, 4) is 11.5 Å². The van der Waals surface area contributed by atoms with Crippen LogP contribution in [0.3, 0.4) is 0 Å². The molecular weight excluding hydrogens is 392 g/mol. The van der Waals surface area contributed by atoms with Gasteiger partial charge < -0.3 is 19.7 Å². The first-order valence-electron chi connectivity index (χ1n) is 9.10. The van der Waals surface area contributed by atoms with Crippen molar-refractivity contribution < 1.29 is 14.6 Å². The Morgan fingerprint density at radius 3 is 2.86 bits per heavy atom. The molecule has 148 valence electrons. The van der Waals surface area contributed by atoms with Crippen LogP contribution in [0, 0.1) is 0 Å². The number of alkyl halides is 1. The molecule has 7 heteroatoms. The zero-order valence-electron chi connectivity index (χ0n) is 15.7. The summed E-state index contributed by atoms with van der Waals surface area (Å²) >= 11 is 6.19. The number of phenolic OH excluding ortho intramolecular Hbond substituents is 1. The van der Waals surface area contributed by atoms with E-state index in [0.29, 0.717) is 23.7 Å². The minimum Gasteiger partial charge on any atom is -0.504 e. The number of carbonyl (C=O) groups excluding carboxylic acids is 1. The van der Waals surface area contributed by atoms with Gasteiger partial charge in [-0.15, -0.1) is 11.6 Å². The lowest BCUT2D eigenvalue weighted by Crippen LogP contribution is -2.28. The molecule has 0 spiro atoms. The second kappa shape index (κ2) is 7.64. The molecule has 0 bridgehead atoms. The summed E-state index contributed by atoms with van der Waals surface area (Å²) in [7, 11) is 1.48. The normalized spacial score (nSPS) is 15.8. The number of hydrogen-bond donors (Lipinski definition) is 2. The van der Waals surface area contributed by atoms with Crippen LogP contribution in [0.2, 0.25) is 0 Å². The SMILES string of the molecule is COc1ccc(C=CC(=O)N2CC(CCl)c3c2ccc2[nH]c(=O)ccc32)cc1O. The number of halogens is 1. The van der Waals surface area contributed by atoms with Crippen LogP contribution in [0.15, 0.2) is 53.3 Å². The molecule has 0 radical (unpaired) electrons. The Labute approximate surface area is 172 Å². The van der Waals surface area contributed by atoms with Crippen LogP contribution in [0.1, 0.15) is 17.0 Å². The summed E-state index contributed by atoms with van der Waals surface area (Å²) in [4.78, 5) is 29.0. The summed E-state index contributed by atoms with van der Waals surface area (Å²) in [5.41, 5.74) is 3.00. The molecule has 1 amide bonds. The van der Waals surface area contributed by atoms with Crippen molar-refractivity contribution in [3.63, 3.8) is 0 Å². The molecule has 1 atom stereocenters. The van der Waals surface area contributed by atoms with Gasteiger partial charge in [0.25, 0.3) is 5.91 Å². The van der Waals surface area contributed by atoms with E-state index < -0.39 is 0 Å². The minimum absolute atomic E-state index is 0.0104. The van der Waals surface area contributed by atoms with E-state index in [0.717, 1.165) is 22.2 Å². The Bertz CT molecular complexity index is 1190. The van der Waals surface area contributed by atoms with Crippen LogP contribution in [0.4, 0.5) is 5.69 Å². The van der Waals surface area contributed by atoms with Gasteiger partial charge in [-0.3, -0.25) is 9.59 Å². The molecule has 0 aliphatic carbocycles. The third-order valence-electron chi connectivity index (χ3n) is 5.10. The second-order valence-corrected chi connectivity index (χ2v) is 7.16. The number of aromatic nitrogens is 1. The van der Waals surface area contributed by atoms with Crippen molar-refractivity contribution in [2.24, 2.45) is 0 Å². The van der Waals surface area contributed by atoms with Gasteiger partial charge in [-0.1, -0.05) is 6.07 Å². The number of aromatic hydroxyl groups is 1. The second-order valence-electron chi connectivity index (χ2n) is 6.85. The molecule has 1 aliphatic heterocycles. The number of nitrogens with one attached hydrogen (secondary N) is 1. The van der Waals surface area contributed by atoms with Gasteiger partial charge in [-0.25, -0.2) is 0 Å². The van der Waals surface area contributed by atoms with Gasteiger partial charge in [0.05, 0.1) is 7.11 Å².